The molecule has 3 atom stereocenters. The standard InChI is InChI=1S/C21H19N5O6S2/c1-31-25-14(11-8-34-21(22)23-11)17(27)24-15-18(28)26-16(20(29)30)10(7-33-19(15)26)13-6-9-4-2-3-5-12(9)32-13/h2-5,8,13,15,19H,6-7H2,1H3,(H2,22,23)(H,24,27)(H,29,30)/b25-14-/t13-,15+,19+/m0/s1. The molecule has 1 aromatic carbocycles. The van der Waals surface area contributed by atoms with Crippen LogP contribution in [0.15, 0.2) is 46.1 Å². The van der Waals surface area contributed by atoms with E-state index in [1.807, 2.05) is 24.3 Å². The van der Waals surface area contributed by atoms with Crippen LogP contribution in [-0.4, -0.2) is 68.9 Å². The molecule has 1 aromatic heterocycles. The first-order valence-electron chi connectivity index (χ1n) is 10.2. The maximum atomic E-state index is 13.0. The number of thioether (sulfide) groups is 1. The molecule has 0 spiro atoms. The zero-order valence-corrected chi connectivity index (χ0v) is 19.4. The van der Waals surface area contributed by atoms with Crippen LogP contribution in [0.5, 0.6) is 5.75 Å². The highest BCUT2D eigenvalue weighted by atomic mass is 32.2. The van der Waals surface area contributed by atoms with Gasteiger partial charge in [-0.1, -0.05) is 23.4 Å². The lowest BCUT2D eigenvalue weighted by atomic mass is 9.98. The zero-order chi connectivity index (χ0) is 24.0. The lowest BCUT2D eigenvalue weighted by Crippen LogP contribution is -2.71. The van der Waals surface area contributed by atoms with Crippen molar-refractivity contribution in [1.82, 2.24) is 15.2 Å². The Morgan fingerprint density at radius 3 is 2.85 bits per heavy atom. The second kappa shape index (κ2) is 8.65. The third kappa shape index (κ3) is 3.66. The normalized spacial score (nSPS) is 23.6. The fraction of sp³-hybridized carbons (Fsp3) is 0.286. The fourth-order valence-electron chi connectivity index (χ4n) is 4.17. The molecule has 34 heavy (non-hydrogen) atoms. The number of rotatable bonds is 6. The van der Waals surface area contributed by atoms with E-state index in [1.165, 1.54) is 23.8 Å². The van der Waals surface area contributed by atoms with Crippen molar-refractivity contribution in [2.24, 2.45) is 5.16 Å². The number of amides is 2. The van der Waals surface area contributed by atoms with Crippen LogP contribution >= 0.6 is 23.1 Å². The molecule has 176 valence electrons. The molecule has 0 bridgehead atoms. The Kier molecular flexibility index (Phi) is 5.65. The van der Waals surface area contributed by atoms with E-state index in [1.54, 1.807) is 5.38 Å². The number of β-lactam (4-membered cyclic amide) rings is 1. The highest BCUT2D eigenvalue weighted by Gasteiger charge is 2.55. The molecule has 0 radical (unpaired) electrons. The number of nitrogen functional groups attached to an aromatic ring is 1. The summed E-state index contributed by atoms with van der Waals surface area (Å²) >= 11 is 2.50. The van der Waals surface area contributed by atoms with Crippen LogP contribution in [0, 0.1) is 0 Å². The molecule has 13 heteroatoms. The summed E-state index contributed by atoms with van der Waals surface area (Å²) in [4.78, 5) is 48.0. The molecule has 2 aromatic rings. The van der Waals surface area contributed by atoms with Gasteiger partial charge in [0.05, 0.1) is 0 Å². The highest BCUT2D eigenvalue weighted by Crippen LogP contribution is 2.43. The van der Waals surface area contributed by atoms with Gasteiger partial charge in [0.2, 0.25) is 0 Å². The maximum absolute atomic E-state index is 13.0. The van der Waals surface area contributed by atoms with Gasteiger partial charge in [0, 0.05) is 23.1 Å². The fourth-order valence-corrected chi connectivity index (χ4v) is 6.12. The summed E-state index contributed by atoms with van der Waals surface area (Å²) in [6, 6.07) is 6.60. The molecular formula is C21H19N5O6S2. The van der Waals surface area contributed by atoms with Crippen LogP contribution in [0.2, 0.25) is 0 Å². The Bertz CT molecular complexity index is 1230. The van der Waals surface area contributed by atoms with Crippen molar-refractivity contribution in [1.29, 1.82) is 0 Å². The minimum absolute atomic E-state index is 0.0879. The number of thiazole rings is 1. The van der Waals surface area contributed by atoms with Gasteiger partial charge in [-0.2, -0.15) is 0 Å². The quantitative estimate of drug-likeness (QED) is 0.296. The number of para-hydroxylation sites is 1. The Labute approximate surface area is 201 Å². The molecule has 4 heterocycles. The first-order chi connectivity index (χ1) is 16.4. The summed E-state index contributed by atoms with van der Waals surface area (Å²) in [5.74, 6) is -1.34. The van der Waals surface area contributed by atoms with Gasteiger partial charge in [-0.25, -0.2) is 9.78 Å². The smallest absolute Gasteiger partial charge is 0.352 e. The lowest BCUT2D eigenvalue weighted by molar-refractivity contribution is -0.150. The van der Waals surface area contributed by atoms with E-state index in [9.17, 15) is 19.5 Å². The van der Waals surface area contributed by atoms with E-state index in [0.29, 0.717) is 23.5 Å². The number of carboxylic acid groups (broad SMARTS) is 1. The summed E-state index contributed by atoms with van der Waals surface area (Å²) < 4.78 is 5.98. The van der Waals surface area contributed by atoms with Crippen LogP contribution in [-0.2, 0) is 25.6 Å². The SMILES string of the molecule is CO/N=C(\C(=O)N[C@@H]1C(=O)N2C(C(=O)O)=C([C@@H]3Cc4ccccc4O3)CS[C@H]12)c1csc(N)n1. The average molecular weight is 502 g/mol. The molecular weight excluding hydrogens is 482 g/mol. The van der Waals surface area contributed by atoms with Crippen molar-refractivity contribution in [3.63, 3.8) is 0 Å². The monoisotopic (exact) mass is 501 g/mol. The second-order valence-electron chi connectivity index (χ2n) is 7.65. The van der Waals surface area contributed by atoms with Crippen LogP contribution in [0.3, 0.4) is 0 Å². The summed E-state index contributed by atoms with van der Waals surface area (Å²) in [5.41, 5.74) is 7.17. The molecule has 4 N–H and O–H groups in total. The van der Waals surface area contributed by atoms with Crippen molar-refractivity contribution in [3.8, 4) is 5.75 Å². The van der Waals surface area contributed by atoms with E-state index in [-0.39, 0.29) is 22.2 Å². The van der Waals surface area contributed by atoms with Gasteiger partial charge in [0.15, 0.2) is 10.8 Å². The summed E-state index contributed by atoms with van der Waals surface area (Å²) in [6.07, 6.45) is 0.0671. The number of hydrogen-bond donors (Lipinski definition) is 3. The third-order valence-electron chi connectivity index (χ3n) is 5.68. The van der Waals surface area contributed by atoms with Crippen LogP contribution in [0.1, 0.15) is 11.3 Å². The van der Waals surface area contributed by atoms with Gasteiger partial charge >= 0.3 is 5.97 Å². The van der Waals surface area contributed by atoms with Crippen molar-refractivity contribution < 1.29 is 29.1 Å². The van der Waals surface area contributed by atoms with Crippen molar-refractivity contribution >= 4 is 51.7 Å². The number of carboxylic acids is 1. The van der Waals surface area contributed by atoms with E-state index in [2.05, 4.69) is 15.5 Å². The highest BCUT2D eigenvalue weighted by molar-refractivity contribution is 8.00. The van der Waals surface area contributed by atoms with E-state index in [4.69, 9.17) is 15.3 Å². The van der Waals surface area contributed by atoms with Gasteiger partial charge in [-0.15, -0.1) is 23.1 Å². The average Bonchev–Trinajstić information content (AvgIpc) is 3.45. The number of anilines is 1. The molecule has 1 fully saturated rings. The number of aromatic nitrogens is 1. The molecule has 11 nitrogen and oxygen atoms in total. The zero-order valence-electron chi connectivity index (χ0n) is 17.8. The van der Waals surface area contributed by atoms with Gasteiger partial charge in [0.25, 0.3) is 11.8 Å². The number of nitrogens with two attached hydrogens (primary N) is 1. The minimum Gasteiger partial charge on any atom is -0.485 e. The summed E-state index contributed by atoms with van der Waals surface area (Å²) in [6.45, 7) is 0. The van der Waals surface area contributed by atoms with Crippen molar-refractivity contribution in [2.75, 3.05) is 18.6 Å². The number of hydrogen-bond acceptors (Lipinski definition) is 10. The van der Waals surface area contributed by atoms with Crippen LogP contribution in [0.4, 0.5) is 5.13 Å². The van der Waals surface area contributed by atoms with Gasteiger partial charge in [0.1, 0.15) is 41.8 Å². The molecule has 0 saturated carbocycles. The minimum atomic E-state index is -1.21. The van der Waals surface area contributed by atoms with Crippen molar-refractivity contribution in [2.45, 2.75) is 23.9 Å². The van der Waals surface area contributed by atoms with Crippen molar-refractivity contribution in [3.05, 3.63) is 52.2 Å². The van der Waals surface area contributed by atoms with E-state index >= 15 is 0 Å². The molecule has 3 aliphatic rings. The predicted octanol–water partition coefficient (Wildman–Crippen LogP) is 0.818. The molecule has 1 saturated heterocycles. The topological polar surface area (TPSA) is 156 Å². The van der Waals surface area contributed by atoms with E-state index < -0.39 is 35.3 Å². The molecule has 5 rings (SSSR count). The molecule has 0 unspecified atom stereocenters. The number of benzene rings is 1. The number of nitrogens with zero attached hydrogens (tertiary/aromatic N) is 3. The van der Waals surface area contributed by atoms with Gasteiger partial charge in [-0.05, 0) is 11.6 Å². The Morgan fingerprint density at radius 2 is 2.18 bits per heavy atom. The van der Waals surface area contributed by atoms with Crippen LogP contribution in [0.25, 0.3) is 0 Å². The lowest BCUT2D eigenvalue weighted by Gasteiger charge is -2.49. The first kappa shape index (κ1) is 22.2. The van der Waals surface area contributed by atoms with Gasteiger partial charge in [-0.3, -0.25) is 14.5 Å². The largest absolute Gasteiger partial charge is 0.485 e. The van der Waals surface area contributed by atoms with E-state index in [0.717, 1.165) is 16.9 Å². The van der Waals surface area contributed by atoms with Crippen LogP contribution < -0.4 is 15.8 Å². The third-order valence-corrected chi connectivity index (χ3v) is 7.66. The number of aliphatic carboxylic acids is 1. The summed E-state index contributed by atoms with van der Waals surface area (Å²) in [5, 5.41) is 17.5. The molecule has 3 aliphatic heterocycles. The number of carbonyl (C=O) groups is 3. The number of fused-ring (bicyclic) bond motifs is 2. The number of oxime groups is 1. The molecule has 0 aliphatic carbocycles. The Balaban J connectivity index is 1.36. The Morgan fingerprint density at radius 1 is 1.38 bits per heavy atom. The summed E-state index contributed by atoms with van der Waals surface area (Å²) in [7, 11) is 1.28. The predicted molar refractivity (Wildman–Crippen MR) is 124 cm³/mol. The number of ether oxygens (including phenoxy) is 1. The Hall–Kier alpha value is -3.58. The van der Waals surface area contributed by atoms with Gasteiger partial charge < -0.3 is 25.7 Å². The second-order valence-corrected chi connectivity index (χ2v) is 9.65. The first-order valence-corrected chi connectivity index (χ1v) is 12.1. The molecule has 2 amide bonds. The maximum Gasteiger partial charge on any atom is 0.352 e. The number of nitrogens with one attached hydrogen (secondary N) is 1. The number of carbonyl (C=O) groups excluding carboxylic acids is 2.